The molecular formula is C22H22N2O5. The van der Waals surface area contributed by atoms with Crippen LogP contribution in [0.15, 0.2) is 65.5 Å². The quantitative estimate of drug-likeness (QED) is 0.590. The van der Waals surface area contributed by atoms with Gasteiger partial charge < -0.3 is 19.2 Å². The number of nitrogens with one attached hydrogen (secondary N) is 1. The largest absolute Gasteiger partial charge is 0.497 e. The number of hydrogen-bond acceptors (Lipinski definition) is 6. The van der Waals surface area contributed by atoms with Crippen molar-refractivity contribution in [1.82, 2.24) is 10.3 Å². The number of methoxy groups -OCH3 is 1. The van der Waals surface area contributed by atoms with E-state index in [1.807, 2.05) is 24.3 Å². The first kappa shape index (κ1) is 20.1. The summed E-state index contributed by atoms with van der Waals surface area (Å²) in [5.41, 5.74) is 2.22. The van der Waals surface area contributed by atoms with Crippen LogP contribution in [-0.4, -0.2) is 36.6 Å². The highest BCUT2D eigenvalue weighted by Gasteiger charge is 2.18. The molecule has 0 aliphatic heterocycles. The third-order valence-corrected chi connectivity index (χ3v) is 4.36. The Kier molecular flexibility index (Phi) is 6.63. The molecule has 7 nitrogen and oxygen atoms in total. The number of carbonyl (C=O) groups is 2. The predicted molar refractivity (Wildman–Crippen MR) is 107 cm³/mol. The molecule has 1 unspecified atom stereocenters. The van der Waals surface area contributed by atoms with E-state index in [4.69, 9.17) is 13.9 Å². The van der Waals surface area contributed by atoms with Crippen LogP contribution in [0.2, 0.25) is 0 Å². The Labute approximate surface area is 168 Å². The Bertz CT molecular complexity index is 934. The molecule has 0 fully saturated rings. The number of hydrogen-bond donors (Lipinski definition) is 1. The van der Waals surface area contributed by atoms with Crippen LogP contribution < -0.4 is 10.1 Å². The van der Waals surface area contributed by atoms with Crippen molar-refractivity contribution in [3.05, 3.63) is 72.2 Å². The van der Waals surface area contributed by atoms with Crippen molar-refractivity contribution in [3.8, 4) is 17.1 Å². The Morgan fingerprint density at radius 3 is 2.45 bits per heavy atom. The maximum atomic E-state index is 12.3. The zero-order valence-electron chi connectivity index (χ0n) is 16.3. The van der Waals surface area contributed by atoms with E-state index in [0.717, 1.165) is 16.9 Å². The van der Waals surface area contributed by atoms with Gasteiger partial charge in [0.25, 0.3) is 5.91 Å². The topological polar surface area (TPSA) is 90.7 Å². The Morgan fingerprint density at radius 2 is 1.83 bits per heavy atom. The van der Waals surface area contributed by atoms with Gasteiger partial charge >= 0.3 is 5.97 Å². The minimum atomic E-state index is -0.896. The molecule has 3 rings (SSSR count). The summed E-state index contributed by atoms with van der Waals surface area (Å²) in [4.78, 5) is 28.3. The summed E-state index contributed by atoms with van der Waals surface area (Å²) in [5, 5.41) is 2.78. The first-order valence-electron chi connectivity index (χ1n) is 9.17. The second kappa shape index (κ2) is 9.54. The molecule has 3 aromatic rings. The lowest BCUT2D eigenvalue weighted by Gasteiger charge is -2.14. The number of amides is 1. The smallest absolute Gasteiger partial charge is 0.338 e. The van der Waals surface area contributed by atoms with E-state index >= 15 is 0 Å². The average molecular weight is 394 g/mol. The maximum Gasteiger partial charge on any atom is 0.338 e. The summed E-state index contributed by atoms with van der Waals surface area (Å²) in [6.45, 7) is 1.99. The minimum absolute atomic E-state index is 0.342. The lowest BCUT2D eigenvalue weighted by Crippen LogP contribution is -2.36. The zero-order chi connectivity index (χ0) is 20.6. The molecule has 29 heavy (non-hydrogen) atoms. The van der Waals surface area contributed by atoms with Crippen LogP contribution >= 0.6 is 0 Å². The molecule has 0 radical (unpaired) electrons. The van der Waals surface area contributed by atoms with Gasteiger partial charge in [0.15, 0.2) is 18.3 Å². The van der Waals surface area contributed by atoms with Gasteiger partial charge in [-0.15, -0.1) is 0 Å². The number of carbonyl (C=O) groups excluding carboxylic acids is 2. The maximum absolute atomic E-state index is 12.3. The van der Waals surface area contributed by atoms with Crippen LogP contribution in [-0.2, 0) is 16.0 Å². The van der Waals surface area contributed by atoms with E-state index in [-0.39, 0.29) is 5.91 Å². The number of esters is 1. The molecule has 2 aromatic carbocycles. The fourth-order valence-corrected chi connectivity index (χ4v) is 2.68. The third kappa shape index (κ3) is 5.44. The van der Waals surface area contributed by atoms with Crippen LogP contribution in [0.25, 0.3) is 11.3 Å². The first-order chi connectivity index (χ1) is 14.1. The summed E-state index contributed by atoms with van der Waals surface area (Å²) in [5.74, 6) is 0.485. The van der Waals surface area contributed by atoms with Gasteiger partial charge in [0.05, 0.1) is 18.9 Å². The number of ether oxygens (including phenoxy) is 2. The van der Waals surface area contributed by atoms with Gasteiger partial charge in [-0.1, -0.05) is 24.3 Å². The normalized spacial score (nSPS) is 11.5. The highest BCUT2D eigenvalue weighted by atomic mass is 16.5. The monoisotopic (exact) mass is 394 g/mol. The molecule has 1 atom stereocenters. The molecule has 0 aliphatic carbocycles. The van der Waals surface area contributed by atoms with E-state index in [0.29, 0.717) is 24.3 Å². The Morgan fingerprint density at radius 1 is 1.10 bits per heavy atom. The molecule has 7 heteroatoms. The lowest BCUT2D eigenvalue weighted by molar-refractivity contribution is -0.129. The van der Waals surface area contributed by atoms with E-state index in [1.165, 1.54) is 6.39 Å². The summed E-state index contributed by atoms with van der Waals surface area (Å²) < 4.78 is 15.6. The van der Waals surface area contributed by atoms with Crippen LogP contribution in [0.1, 0.15) is 22.8 Å². The lowest BCUT2D eigenvalue weighted by atomic mass is 10.1. The third-order valence-electron chi connectivity index (χ3n) is 4.36. The number of rotatable bonds is 8. The molecule has 0 saturated carbocycles. The van der Waals surface area contributed by atoms with Gasteiger partial charge in [-0.3, -0.25) is 4.79 Å². The van der Waals surface area contributed by atoms with Crippen LogP contribution in [0, 0.1) is 0 Å². The number of nitrogens with zero attached hydrogens (tertiary/aromatic N) is 1. The van der Waals surface area contributed by atoms with E-state index < -0.39 is 12.1 Å². The van der Waals surface area contributed by atoms with Crippen LogP contribution in [0.3, 0.4) is 0 Å². The molecule has 0 saturated heterocycles. The summed E-state index contributed by atoms with van der Waals surface area (Å²) in [6, 6.07) is 14.3. The minimum Gasteiger partial charge on any atom is -0.497 e. The van der Waals surface area contributed by atoms with Gasteiger partial charge in [0.1, 0.15) is 5.75 Å². The molecule has 1 heterocycles. The second-order valence-corrected chi connectivity index (χ2v) is 6.38. The number of benzene rings is 2. The molecule has 1 N–H and O–H groups in total. The highest BCUT2D eigenvalue weighted by Crippen LogP contribution is 2.19. The van der Waals surface area contributed by atoms with Crippen molar-refractivity contribution in [1.29, 1.82) is 0 Å². The van der Waals surface area contributed by atoms with E-state index in [9.17, 15) is 9.59 Å². The molecule has 150 valence electrons. The molecule has 0 spiro atoms. The van der Waals surface area contributed by atoms with Crippen molar-refractivity contribution in [2.75, 3.05) is 13.7 Å². The van der Waals surface area contributed by atoms with Gasteiger partial charge in [-0.2, -0.15) is 0 Å². The standard InChI is InChI=1S/C22H22N2O5/c1-15(21(25)24-12-11-16-3-9-19(27-2)10-4-16)29-22(26)18-7-5-17(6-8-18)20-13-23-14-28-20/h3-10,13-15H,11-12H2,1-2H3,(H,24,25). The highest BCUT2D eigenvalue weighted by molar-refractivity contribution is 5.92. The average Bonchev–Trinajstić information content (AvgIpc) is 3.29. The molecule has 0 aliphatic rings. The molecule has 1 aromatic heterocycles. The first-order valence-corrected chi connectivity index (χ1v) is 9.17. The Balaban J connectivity index is 1.46. The van der Waals surface area contributed by atoms with Gasteiger partial charge in [0, 0.05) is 12.1 Å². The van der Waals surface area contributed by atoms with E-state index in [2.05, 4.69) is 10.3 Å². The Hall–Kier alpha value is -3.61. The second-order valence-electron chi connectivity index (χ2n) is 6.38. The van der Waals surface area contributed by atoms with Crippen molar-refractivity contribution < 1.29 is 23.5 Å². The zero-order valence-corrected chi connectivity index (χ0v) is 16.3. The fourth-order valence-electron chi connectivity index (χ4n) is 2.68. The summed E-state index contributed by atoms with van der Waals surface area (Å²) in [6.07, 6.45) is 2.70. The molecule has 0 bridgehead atoms. The molecule has 1 amide bonds. The van der Waals surface area contributed by atoms with Crippen LogP contribution in [0.4, 0.5) is 0 Å². The van der Waals surface area contributed by atoms with Crippen molar-refractivity contribution in [2.45, 2.75) is 19.4 Å². The van der Waals surface area contributed by atoms with Crippen molar-refractivity contribution in [2.24, 2.45) is 0 Å². The summed E-state index contributed by atoms with van der Waals surface area (Å²) >= 11 is 0. The fraction of sp³-hybridized carbons (Fsp3) is 0.227. The van der Waals surface area contributed by atoms with Gasteiger partial charge in [-0.05, 0) is 43.2 Å². The van der Waals surface area contributed by atoms with Crippen LogP contribution in [0.5, 0.6) is 5.75 Å². The van der Waals surface area contributed by atoms with Gasteiger partial charge in [0.2, 0.25) is 0 Å². The molecular weight excluding hydrogens is 372 g/mol. The SMILES string of the molecule is COc1ccc(CCNC(=O)C(C)OC(=O)c2ccc(-c3cnco3)cc2)cc1. The van der Waals surface area contributed by atoms with Crippen molar-refractivity contribution in [3.63, 3.8) is 0 Å². The predicted octanol–water partition coefficient (Wildman–Crippen LogP) is 3.25. The summed E-state index contributed by atoms with van der Waals surface area (Å²) in [7, 11) is 1.61. The van der Waals surface area contributed by atoms with E-state index in [1.54, 1.807) is 44.5 Å². The van der Waals surface area contributed by atoms with Crippen molar-refractivity contribution >= 4 is 11.9 Å². The number of oxazole rings is 1. The van der Waals surface area contributed by atoms with Gasteiger partial charge in [-0.25, -0.2) is 9.78 Å². The number of aromatic nitrogens is 1.